The number of hydrogen-bond acceptors (Lipinski definition) is 4. The van der Waals surface area contributed by atoms with E-state index in [1.807, 2.05) is 0 Å². The molecule has 1 aromatic carbocycles. The van der Waals surface area contributed by atoms with Gasteiger partial charge < -0.3 is 19.4 Å². The zero-order valence-electron chi connectivity index (χ0n) is 13.0. The molecule has 0 spiro atoms. The number of rotatable bonds is 6. The Balaban J connectivity index is 1.46. The second-order valence-electron chi connectivity index (χ2n) is 5.84. The fourth-order valence-electron chi connectivity index (χ4n) is 2.66. The lowest BCUT2D eigenvalue weighted by atomic mass is 10.1. The van der Waals surface area contributed by atoms with E-state index < -0.39 is 0 Å². The fraction of sp³-hybridized carbons (Fsp3) is 0.500. The van der Waals surface area contributed by atoms with Crippen molar-refractivity contribution < 1.29 is 18.7 Å². The Labute approximate surface area is 133 Å². The van der Waals surface area contributed by atoms with Crippen molar-refractivity contribution in [1.82, 2.24) is 14.9 Å². The van der Waals surface area contributed by atoms with Crippen LogP contribution >= 0.6 is 0 Å². The van der Waals surface area contributed by atoms with E-state index in [2.05, 4.69) is 9.97 Å². The molecule has 1 saturated heterocycles. The summed E-state index contributed by atoms with van der Waals surface area (Å²) in [6, 6.07) is 4.35. The number of nitrogens with one attached hydrogen (secondary N) is 1. The van der Waals surface area contributed by atoms with Gasteiger partial charge in [0.25, 0.3) is 0 Å². The third-order valence-corrected chi connectivity index (χ3v) is 3.94. The maximum absolute atomic E-state index is 13.1. The van der Waals surface area contributed by atoms with Crippen molar-refractivity contribution in [3.8, 4) is 0 Å². The van der Waals surface area contributed by atoms with E-state index in [0.717, 1.165) is 13.0 Å². The molecule has 0 radical (unpaired) electrons. The van der Waals surface area contributed by atoms with Gasteiger partial charge in [-0.2, -0.15) is 0 Å². The minimum absolute atomic E-state index is 0.00448. The topological polar surface area (TPSA) is 67.4 Å². The van der Waals surface area contributed by atoms with Crippen molar-refractivity contribution in [1.29, 1.82) is 0 Å². The summed E-state index contributed by atoms with van der Waals surface area (Å²) >= 11 is 0. The van der Waals surface area contributed by atoms with Crippen molar-refractivity contribution in [2.24, 2.45) is 5.92 Å². The molecule has 6 nitrogen and oxygen atoms in total. The van der Waals surface area contributed by atoms with Crippen LogP contribution in [0.5, 0.6) is 0 Å². The lowest BCUT2D eigenvalue weighted by molar-refractivity contribution is -0.135. The molecule has 1 fully saturated rings. The predicted octanol–water partition coefficient (Wildman–Crippen LogP) is 1.71. The van der Waals surface area contributed by atoms with Crippen LogP contribution in [-0.2, 0) is 20.9 Å². The lowest BCUT2D eigenvalue weighted by Gasteiger charge is -2.20. The zero-order valence-corrected chi connectivity index (χ0v) is 13.0. The van der Waals surface area contributed by atoms with Gasteiger partial charge in [0.15, 0.2) is 0 Å². The van der Waals surface area contributed by atoms with E-state index in [0.29, 0.717) is 35.9 Å². The first-order chi connectivity index (χ1) is 11.1. The molecular formula is C16H20FN3O3. The Bertz CT molecular complexity index is 682. The first kappa shape index (κ1) is 15.9. The van der Waals surface area contributed by atoms with Gasteiger partial charge in [-0.1, -0.05) is 0 Å². The van der Waals surface area contributed by atoms with E-state index in [-0.39, 0.29) is 24.9 Å². The molecule has 1 aliphatic rings. The van der Waals surface area contributed by atoms with Crippen LogP contribution in [0, 0.1) is 11.7 Å². The van der Waals surface area contributed by atoms with Crippen LogP contribution in [-0.4, -0.2) is 54.2 Å². The van der Waals surface area contributed by atoms with Crippen LogP contribution in [0.4, 0.5) is 4.39 Å². The number of benzene rings is 1. The van der Waals surface area contributed by atoms with Gasteiger partial charge in [0.05, 0.1) is 17.6 Å². The Hall–Kier alpha value is -1.99. The molecule has 0 aliphatic carbocycles. The van der Waals surface area contributed by atoms with Crippen molar-refractivity contribution in [3.63, 3.8) is 0 Å². The summed E-state index contributed by atoms with van der Waals surface area (Å²) in [6.45, 7) is 2.36. The van der Waals surface area contributed by atoms with Crippen molar-refractivity contribution in [2.45, 2.75) is 13.0 Å². The summed E-state index contributed by atoms with van der Waals surface area (Å²) in [5.41, 5.74) is 1.29. The number of aromatic amines is 1. The zero-order chi connectivity index (χ0) is 16.2. The minimum atomic E-state index is -0.318. The van der Waals surface area contributed by atoms with Crippen LogP contribution in [0.25, 0.3) is 11.0 Å². The molecule has 2 aromatic rings. The monoisotopic (exact) mass is 321 g/mol. The summed E-state index contributed by atoms with van der Waals surface area (Å²) in [5.74, 6) is 0.597. The number of nitrogens with zero attached hydrogens (tertiary/aromatic N) is 2. The van der Waals surface area contributed by atoms with Crippen LogP contribution in [0.3, 0.4) is 0 Å². The molecule has 1 aromatic heterocycles. The number of aromatic nitrogens is 2. The highest BCUT2D eigenvalue weighted by Gasteiger charge is 2.20. The Morgan fingerprint density at radius 3 is 3.22 bits per heavy atom. The minimum Gasteiger partial charge on any atom is -0.381 e. The first-order valence-electron chi connectivity index (χ1n) is 7.65. The maximum atomic E-state index is 13.1. The summed E-state index contributed by atoms with van der Waals surface area (Å²) in [7, 11) is 1.77. The molecular weight excluding hydrogens is 301 g/mol. The van der Waals surface area contributed by atoms with Crippen molar-refractivity contribution >= 4 is 16.9 Å². The highest BCUT2D eigenvalue weighted by molar-refractivity contribution is 5.77. The number of fused-ring (bicyclic) bond motifs is 1. The number of halogens is 1. The summed E-state index contributed by atoms with van der Waals surface area (Å²) in [6.07, 6.45) is 0.994. The molecule has 7 heteroatoms. The van der Waals surface area contributed by atoms with E-state index in [4.69, 9.17) is 9.47 Å². The van der Waals surface area contributed by atoms with Gasteiger partial charge in [0.2, 0.25) is 5.91 Å². The molecule has 1 amide bonds. The highest BCUT2D eigenvalue weighted by Crippen LogP contribution is 2.14. The van der Waals surface area contributed by atoms with Crippen LogP contribution in [0.1, 0.15) is 12.2 Å². The standard InChI is InChI=1S/C16H20FN3O3/c1-20(7-11-4-5-22-8-11)16(21)10-23-9-15-18-13-3-2-12(17)6-14(13)19-15/h2-3,6,11H,4-5,7-10H2,1H3,(H,18,19)/t11-/m1/s1. The van der Waals surface area contributed by atoms with Gasteiger partial charge in [-0.05, 0) is 24.6 Å². The quantitative estimate of drug-likeness (QED) is 0.879. The number of imidazole rings is 1. The van der Waals surface area contributed by atoms with Gasteiger partial charge in [0, 0.05) is 26.1 Å². The highest BCUT2D eigenvalue weighted by atomic mass is 19.1. The number of hydrogen-bond donors (Lipinski definition) is 1. The largest absolute Gasteiger partial charge is 0.381 e. The third kappa shape index (κ3) is 4.05. The number of amides is 1. The average molecular weight is 321 g/mol. The number of ether oxygens (including phenoxy) is 2. The van der Waals surface area contributed by atoms with Gasteiger partial charge in [-0.15, -0.1) is 0 Å². The molecule has 1 aliphatic heterocycles. The van der Waals surface area contributed by atoms with Crippen LogP contribution in [0.2, 0.25) is 0 Å². The Kier molecular flexibility index (Phi) is 4.88. The number of carbonyl (C=O) groups is 1. The molecule has 1 N–H and O–H groups in total. The summed E-state index contributed by atoms with van der Waals surface area (Å²) < 4.78 is 23.8. The molecule has 0 unspecified atom stereocenters. The molecule has 0 bridgehead atoms. The second-order valence-corrected chi connectivity index (χ2v) is 5.84. The van der Waals surface area contributed by atoms with E-state index in [1.54, 1.807) is 18.0 Å². The molecule has 3 rings (SSSR count). The van der Waals surface area contributed by atoms with Crippen molar-refractivity contribution in [2.75, 3.05) is 33.4 Å². The molecule has 2 heterocycles. The molecule has 23 heavy (non-hydrogen) atoms. The van der Waals surface area contributed by atoms with E-state index >= 15 is 0 Å². The second kappa shape index (κ2) is 7.06. The van der Waals surface area contributed by atoms with Crippen LogP contribution in [0.15, 0.2) is 18.2 Å². The smallest absolute Gasteiger partial charge is 0.248 e. The predicted molar refractivity (Wildman–Crippen MR) is 82.3 cm³/mol. The van der Waals surface area contributed by atoms with Gasteiger partial charge in [-0.25, -0.2) is 9.37 Å². The third-order valence-electron chi connectivity index (χ3n) is 3.94. The summed E-state index contributed by atoms with van der Waals surface area (Å²) in [4.78, 5) is 21.0. The number of likely N-dealkylation sites (N-methyl/N-ethyl adjacent to an activating group) is 1. The molecule has 1 atom stereocenters. The van der Waals surface area contributed by atoms with E-state index in [1.165, 1.54) is 12.1 Å². The van der Waals surface area contributed by atoms with Crippen LogP contribution < -0.4 is 0 Å². The fourth-order valence-corrected chi connectivity index (χ4v) is 2.66. The average Bonchev–Trinajstić information content (AvgIpc) is 3.15. The van der Waals surface area contributed by atoms with Crippen molar-refractivity contribution in [3.05, 3.63) is 29.8 Å². The first-order valence-corrected chi connectivity index (χ1v) is 7.65. The Morgan fingerprint density at radius 1 is 1.57 bits per heavy atom. The van der Waals surface area contributed by atoms with Gasteiger partial charge in [0.1, 0.15) is 24.9 Å². The lowest BCUT2D eigenvalue weighted by Crippen LogP contribution is -2.34. The van der Waals surface area contributed by atoms with E-state index in [9.17, 15) is 9.18 Å². The number of H-pyrrole nitrogens is 1. The maximum Gasteiger partial charge on any atom is 0.248 e. The van der Waals surface area contributed by atoms with Gasteiger partial charge >= 0.3 is 0 Å². The SMILES string of the molecule is CN(C[C@H]1CCOC1)C(=O)COCc1nc2ccc(F)cc2[nH]1. The Morgan fingerprint density at radius 2 is 2.43 bits per heavy atom. The molecule has 0 saturated carbocycles. The normalized spacial score (nSPS) is 17.7. The van der Waals surface area contributed by atoms with Gasteiger partial charge in [-0.3, -0.25) is 4.79 Å². The summed E-state index contributed by atoms with van der Waals surface area (Å²) in [5, 5.41) is 0. The molecule has 124 valence electrons. The number of carbonyl (C=O) groups excluding carboxylic acids is 1.